The van der Waals surface area contributed by atoms with Gasteiger partial charge in [0.2, 0.25) is 0 Å². The first-order valence-electron chi connectivity index (χ1n) is 7.82. The second kappa shape index (κ2) is 6.66. The van der Waals surface area contributed by atoms with Crippen molar-refractivity contribution < 1.29 is 4.74 Å². The molecule has 2 aromatic carbocycles. The third-order valence-electron chi connectivity index (χ3n) is 4.44. The number of ether oxygens (including phenoxy) is 1. The van der Waals surface area contributed by atoms with Crippen molar-refractivity contribution in [2.24, 2.45) is 0 Å². The van der Waals surface area contributed by atoms with Gasteiger partial charge in [-0.15, -0.1) is 0 Å². The van der Waals surface area contributed by atoms with Crippen LogP contribution < -0.4 is 10.1 Å². The van der Waals surface area contributed by atoms with E-state index in [1.54, 1.807) is 7.11 Å². The molecule has 1 fully saturated rings. The molecule has 2 nitrogen and oxygen atoms in total. The molecule has 0 aromatic heterocycles. The fraction of sp³-hybridized carbons (Fsp3) is 0.368. The summed E-state index contributed by atoms with van der Waals surface area (Å²) in [5.74, 6) is 1.52. The maximum absolute atomic E-state index is 5.22. The van der Waals surface area contributed by atoms with E-state index >= 15 is 0 Å². The molecule has 2 unspecified atom stereocenters. The van der Waals surface area contributed by atoms with Crippen molar-refractivity contribution in [1.29, 1.82) is 0 Å². The van der Waals surface area contributed by atoms with E-state index in [-0.39, 0.29) is 0 Å². The molecule has 1 N–H and O–H groups in total. The van der Waals surface area contributed by atoms with Gasteiger partial charge in [0.1, 0.15) is 5.75 Å². The minimum Gasteiger partial charge on any atom is -0.497 e. The average Bonchev–Trinajstić information content (AvgIpc) is 2.57. The van der Waals surface area contributed by atoms with Gasteiger partial charge in [-0.25, -0.2) is 0 Å². The highest BCUT2D eigenvalue weighted by Gasteiger charge is 2.26. The summed E-state index contributed by atoms with van der Waals surface area (Å²) in [5.41, 5.74) is 2.65. The maximum atomic E-state index is 5.22. The van der Waals surface area contributed by atoms with Gasteiger partial charge in [-0.1, -0.05) is 43.2 Å². The van der Waals surface area contributed by atoms with Gasteiger partial charge in [-0.3, -0.25) is 0 Å². The van der Waals surface area contributed by atoms with Crippen molar-refractivity contribution in [3.05, 3.63) is 60.2 Å². The third kappa shape index (κ3) is 3.38. The average molecular weight is 281 g/mol. The summed E-state index contributed by atoms with van der Waals surface area (Å²) < 4.78 is 5.22. The first kappa shape index (κ1) is 14.0. The third-order valence-corrected chi connectivity index (χ3v) is 4.44. The Kier molecular flexibility index (Phi) is 4.44. The summed E-state index contributed by atoms with van der Waals surface area (Å²) in [5, 5.41) is 3.73. The lowest BCUT2D eigenvalue weighted by Gasteiger charge is -2.33. The molecule has 2 aromatic rings. The maximum Gasteiger partial charge on any atom is 0.119 e. The number of methoxy groups -OCH3 is 1. The van der Waals surface area contributed by atoms with E-state index in [1.165, 1.54) is 36.9 Å². The SMILES string of the molecule is COc1ccc(NC2CCCCC2c2ccccc2)cc1. The molecule has 0 bridgehead atoms. The summed E-state index contributed by atoms with van der Waals surface area (Å²) in [6.07, 6.45) is 5.17. The van der Waals surface area contributed by atoms with Crippen LogP contribution in [0.15, 0.2) is 54.6 Å². The van der Waals surface area contributed by atoms with Gasteiger partial charge in [0.15, 0.2) is 0 Å². The van der Waals surface area contributed by atoms with E-state index in [1.807, 2.05) is 12.1 Å². The molecule has 1 aliphatic rings. The highest BCUT2D eigenvalue weighted by molar-refractivity contribution is 5.48. The predicted octanol–water partition coefficient (Wildman–Crippen LogP) is 4.83. The first-order valence-corrected chi connectivity index (χ1v) is 7.82. The van der Waals surface area contributed by atoms with Gasteiger partial charge >= 0.3 is 0 Å². The van der Waals surface area contributed by atoms with Crippen LogP contribution >= 0.6 is 0 Å². The Morgan fingerprint density at radius 2 is 1.62 bits per heavy atom. The summed E-state index contributed by atoms with van der Waals surface area (Å²) in [6, 6.07) is 19.7. The summed E-state index contributed by atoms with van der Waals surface area (Å²) >= 11 is 0. The quantitative estimate of drug-likeness (QED) is 0.866. The van der Waals surface area contributed by atoms with Crippen LogP contribution in [0, 0.1) is 0 Å². The molecule has 0 amide bonds. The van der Waals surface area contributed by atoms with Crippen LogP contribution in [0.4, 0.5) is 5.69 Å². The molecule has 2 heteroatoms. The number of hydrogen-bond acceptors (Lipinski definition) is 2. The summed E-state index contributed by atoms with van der Waals surface area (Å²) in [4.78, 5) is 0. The number of rotatable bonds is 4. The smallest absolute Gasteiger partial charge is 0.119 e. The molecule has 21 heavy (non-hydrogen) atoms. The first-order chi connectivity index (χ1) is 10.4. The van der Waals surface area contributed by atoms with Gasteiger partial charge < -0.3 is 10.1 Å². The van der Waals surface area contributed by atoms with Gasteiger partial charge in [-0.05, 0) is 42.7 Å². The Bertz CT molecular complexity index is 550. The van der Waals surface area contributed by atoms with Crippen molar-refractivity contribution >= 4 is 5.69 Å². The fourth-order valence-corrected chi connectivity index (χ4v) is 3.30. The molecule has 1 aliphatic carbocycles. The van der Waals surface area contributed by atoms with Crippen molar-refractivity contribution in [2.45, 2.75) is 37.6 Å². The molecule has 0 aliphatic heterocycles. The van der Waals surface area contributed by atoms with E-state index < -0.39 is 0 Å². The second-order valence-electron chi connectivity index (χ2n) is 5.78. The van der Waals surface area contributed by atoms with Crippen LogP contribution in [0.2, 0.25) is 0 Å². The molecular weight excluding hydrogens is 258 g/mol. The monoisotopic (exact) mass is 281 g/mol. The zero-order valence-corrected chi connectivity index (χ0v) is 12.6. The lowest BCUT2D eigenvalue weighted by atomic mass is 9.80. The van der Waals surface area contributed by atoms with Crippen LogP contribution in [0.1, 0.15) is 37.2 Å². The van der Waals surface area contributed by atoms with E-state index in [0.29, 0.717) is 12.0 Å². The summed E-state index contributed by atoms with van der Waals surface area (Å²) in [7, 11) is 1.70. The van der Waals surface area contributed by atoms with Crippen molar-refractivity contribution in [2.75, 3.05) is 12.4 Å². The molecule has 2 atom stereocenters. The molecule has 0 spiro atoms. The van der Waals surface area contributed by atoms with Gasteiger partial charge in [0.25, 0.3) is 0 Å². The van der Waals surface area contributed by atoms with E-state index in [4.69, 9.17) is 4.74 Å². The predicted molar refractivity (Wildman–Crippen MR) is 88.1 cm³/mol. The van der Waals surface area contributed by atoms with Gasteiger partial charge in [0, 0.05) is 17.6 Å². The van der Waals surface area contributed by atoms with Crippen molar-refractivity contribution in [1.82, 2.24) is 0 Å². The Morgan fingerprint density at radius 3 is 2.33 bits per heavy atom. The van der Waals surface area contributed by atoms with Crippen molar-refractivity contribution in [3.8, 4) is 5.75 Å². The molecule has 0 radical (unpaired) electrons. The Labute approximate surface area is 127 Å². The standard InChI is InChI=1S/C19H23NO/c1-21-17-13-11-16(12-14-17)20-19-10-6-5-9-18(19)15-7-3-2-4-8-15/h2-4,7-8,11-14,18-20H,5-6,9-10H2,1H3. The minimum absolute atomic E-state index is 0.523. The molecule has 110 valence electrons. The lowest BCUT2D eigenvalue weighted by molar-refractivity contribution is 0.404. The van der Waals surface area contributed by atoms with E-state index in [0.717, 1.165) is 5.75 Å². The molecule has 1 saturated carbocycles. The van der Waals surface area contributed by atoms with Crippen LogP contribution in [-0.2, 0) is 0 Å². The lowest BCUT2D eigenvalue weighted by Crippen LogP contribution is -2.30. The summed E-state index contributed by atoms with van der Waals surface area (Å²) in [6.45, 7) is 0. The van der Waals surface area contributed by atoms with E-state index in [9.17, 15) is 0 Å². The van der Waals surface area contributed by atoms with Gasteiger partial charge in [-0.2, -0.15) is 0 Å². The Balaban J connectivity index is 1.75. The fourth-order valence-electron chi connectivity index (χ4n) is 3.30. The van der Waals surface area contributed by atoms with Crippen LogP contribution in [0.25, 0.3) is 0 Å². The second-order valence-corrected chi connectivity index (χ2v) is 5.78. The number of anilines is 1. The van der Waals surface area contributed by atoms with Crippen LogP contribution in [0.3, 0.4) is 0 Å². The van der Waals surface area contributed by atoms with Crippen LogP contribution in [0.5, 0.6) is 5.75 Å². The van der Waals surface area contributed by atoms with Gasteiger partial charge in [0.05, 0.1) is 7.11 Å². The minimum atomic E-state index is 0.523. The van der Waals surface area contributed by atoms with Crippen LogP contribution in [-0.4, -0.2) is 13.2 Å². The molecular formula is C19H23NO. The highest BCUT2D eigenvalue weighted by atomic mass is 16.5. The number of nitrogens with one attached hydrogen (secondary N) is 1. The topological polar surface area (TPSA) is 21.3 Å². The zero-order valence-electron chi connectivity index (χ0n) is 12.6. The largest absolute Gasteiger partial charge is 0.497 e. The van der Waals surface area contributed by atoms with Crippen molar-refractivity contribution in [3.63, 3.8) is 0 Å². The van der Waals surface area contributed by atoms with E-state index in [2.05, 4.69) is 47.8 Å². The molecule has 3 rings (SSSR count). The zero-order chi connectivity index (χ0) is 14.5. The Morgan fingerprint density at radius 1 is 0.905 bits per heavy atom. The molecule has 0 heterocycles. The number of benzene rings is 2. The Hall–Kier alpha value is -1.96. The highest BCUT2D eigenvalue weighted by Crippen LogP contribution is 2.35. The molecule has 0 saturated heterocycles. The number of hydrogen-bond donors (Lipinski definition) is 1. The normalized spacial score (nSPS) is 21.8.